The second-order valence-corrected chi connectivity index (χ2v) is 6.64. The number of hydrogen-bond donors (Lipinski definition) is 0. The van der Waals surface area contributed by atoms with Crippen LogP contribution in [-0.4, -0.2) is 54.3 Å². The van der Waals surface area contributed by atoms with Crippen molar-refractivity contribution in [2.45, 2.75) is 66.3 Å². The predicted molar refractivity (Wildman–Crippen MR) is 90.6 cm³/mol. The molecular weight excluding hydrogens is 260 g/mol. The Morgan fingerprint density at radius 3 is 2.19 bits per heavy atom. The number of piperidine rings is 1. The molecule has 0 spiro atoms. The van der Waals surface area contributed by atoms with Crippen LogP contribution in [0.15, 0.2) is 0 Å². The summed E-state index contributed by atoms with van der Waals surface area (Å²) < 4.78 is 0. The number of rotatable bonds is 5. The molecule has 2 aliphatic heterocycles. The van der Waals surface area contributed by atoms with Crippen molar-refractivity contribution in [1.29, 1.82) is 0 Å². The lowest BCUT2D eigenvalue weighted by Crippen LogP contribution is -2.39. The lowest BCUT2D eigenvalue weighted by Gasteiger charge is -2.33. The molecule has 21 heavy (non-hydrogen) atoms. The molecule has 1 atom stereocenters. The first-order valence-corrected chi connectivity index (χ1v) is 9.09. The van der Waals surface area contributed by atoms with Gasteiger partial charge in [-0.2, -0.15) is 0 Å². The third-order valence-electron chi connectivity index (χ3n) is 4.96. The quantitative estimate of drug-likeness (QED) is 0.776. The molecule has 124 valence electrons. The van der Waals surface area contributed by atoms with Gasteiger partial charge in [0.1, 0.15) is 5.78 Å². The molecule has 3 heteroatoms. The number of carbonyl (C=O) groups is 1. The molecule has 0 aromatic heterocycles. The van der Waals surface area contributed by atoms with E-state index in [4.69, 9.17) is 0 Å². The fraction of sp³-hybridized carbons (Fsp3) is 0.944. The molecule has 0 N–H and O–H groups in total. The van der Waals surface area contributed by atoms with E-state index in [1.54, 1.807) is 0 Å². The summed E-state index contributed by atoms with van der Waals surface area (Å²) >= 11 is 0. The SMILES string of the molecule is CC.CCC(=O)C1CCN(CC2CCN(C(C)C)C2)CC1. The molecule has 0 amide bonds. The van der Waals surface area contributed by atoms with Gasteiger partial charge in [0, 0.05) is 31.5 Å². The topological polar surface area (TPSA) is 23.6 Å². The van der Waals surface area contributed by atoms with Crippen LogP contribution in [0, 0.1) is 11.8 Å². The van der Waals surface area contributed by atoms with Gasteiger partial charge >= 0.3 is 0 Å². The highest BCUT2D eigenvalue weighted by Gasteiger charge is 2.28. The van der Waals surface area contributed by atoms with E-state index in [0.29, 0.717) is 17.7 Å². The van der Waals surface area contributed by atoms with Crippen LogP contribution < -0.4 is 0 Å². The molecule has 0 radical (unpaired) electrons. The summed E-state index contributed by atoms with van der Waals surface area (Å²) in [6.45, 7) is 16.6. The van der Waals surface area contributed by atoms with Crippen molar-refractivity contribution in [1.82, 2.24) is 9.80 Å². The van der Waals surface area contributed by atoms with Crippen molar-refractivity contribution >= 4 is 5.78 Å². The average molecular weight is 296 g/mol. The monoisotopic (exact) mass is 296 g/mol. The van der Waals surface area contributed by atoms with Crippen molar-refractivity contribution in [3.05, 3.63) is 0 Å². The van der Waals surface area contributed by atoms with Gasteiger partial charge in [0.15, 0.2) is 0 Å². The summed E-state index contributed by atoms with van der Waals surface area (Å²) in [5.74, 6) is 1.68. The summed E-state index contributed by atoms with van der Waals surface area (Å²) in [5.41, 5.74) is 0. The number of hydrogen-bond acceptors (Lipinski definition) is 3. The lowest BCUT2D eigenvalue weighted by molar-refractivity contribution is -0.124. The first-order chi connectivity index (χ1) is 10.1. The van der Waals surface area contributed by atoms with E-state index in [1.807, 2.05) is 20.8 Å². The Labute approximate surface area is 132 Å². The van der Waals surface area contributed by atoms with Gasteiger partial charge < -0.3 is 9.80 Å². The molecule has 2 saturated heterocycles. The Kier molecular flexibility index (Phi) is 8.50. The molecule has 0 aromatic rings. The van der Waals surface area contributed by atoms with E-state index in [-0.39, 0.29) is 0 Å². The van der Waals surface area contributed by atoms with Crippen molar-refractivity contribution < 1.29 is 4.79 Å². The second-order valence-electron chi connectivity index (χ2n) is 6.64. The van der Waals surface area contributed by atoms with Crippen LogP contribution >= 0.6 is 0 Å². The normalized spacial score (nSPS) is 25.0. The molecule has 0 saturated carbocycles. The van der Waals surface area contributed by atoms with E-state index in [2.05, 4.69) is 23.6 Å². The largest absolute Gasteiger partial charge is 0.303 e. The fourth-order valence-corrected chi connectivity index (χ4v) is 3.57. The number of nitrogens with zero attached hydrogens (tertiary/aromatic N) is 2. The molecule has 1 unspecified atom stereocenters. The Bertz CT molecular complexity index is 296. The summed E-state index contributed by atoms with van der Waals surface area (Å²) in [6, 6.07) is 0.693. The number of carbonyl (C=O) groups excluding carboxylic acids is 1. The molecule has 2 fully saturated rings. The van der Waals surface area contributed by atoms with Crippen molar-refractivity contribution in [3.63, 3.8) is 0 Å². The van der Waals surface area contributed by atoms with Crippen molar-refractivity contribution in [2.24, 2.45) is 11.8 Å². The Morgan fingerprint density at radius 1 is 1.10 bits per heavy atom. The summed E-state index contributed by atoms with van der Waals surface area (Å²) in [7, 11) is 0. The second kappa shape index (κ2) is 9.58. The van der Waals surface area contributed by atoms with Crippen molar-refractivity contribution in [2.75, 3.05) is 32.7 Å². The van der Waals surface area contributed by atoms with E-state index >= 15 is 0 Å². The third kappa shape index (κ3) is 5.71. The molecule has 2 rings (SSSR count). The maximum Gasteiger partial charge on any atom is 0.135 e. The number of Topliss-reactive ketones (excluding diaryl/α,β-unsaturated/α-hetero) is 1. The highest BCUT2D eigenvalue weighted by Crippen LogP contribution is 2.23. The lowest BCUT2D eigenvalue weighted by atomic mass is 9.91. The predicted octanol–water partition coefficient (Wildman–Crippen LogP) is 3.43. The number of ketones is 1. The minimum Gasteiger partial charge on any atom is -0.303 e. The first-order valence-electron chi connectivity index (χ1n) is 9.09. The summed E-state index contributed by atoms with van der Waals surface area (Å²) in [4.78, 5) is 16.9. The summed E-state index contributed by atoms with van der Waals surface area (Å²) in [6.07, 6.45) is 4.25. The van der Waals surface area contributed by atoms with Gasteiger partial charge in [-0.3, -0.25) is 4.79 Å². The fourth-order valence-electron chi connectivity index (χ4n) is 3.57. The van der Waals surface area contributed by atoms with Gasteiger partial charge in [-0.05, 0) is 58.7 Å². The van der Waals surface area contributed by atoms with Gasteiger partial charge in [-0.15, -0.1) is 0 Å². The van der Waals surface area contributed by atoms with Crippen LogP contribution in [0.2, 0.25) is 0 Å². The molecular formula is C18H36N2O. The zero-order chi connectivity index (χ0) is 15.8. The molecule has 0 bridgehead atoms. The van der Waals surface area contributed by atoms with E-state index in [0.717, 1.165) is 38.3 Å². The highest BCUT2D eigenvalue weighted by molar-refractivity contribution is 5.80. The van der Waals surface area contributed by atoms with E-state index < -0.39 is 0 Å². The smallest absolute Gasteiger partial charge is 0.135 e. The molecule has 2 aliphatic rings. The zero-order valence-electron chi connectivity index (χ0n) is 14.9. The standard InChI is InChI=1S/C16H30N2O.C2H6/c1-4-16(19)15-6-8-17(9-7-15)11-14-5-10-18(12-14)13(2)3;1-2/h13-15H,4-12H2,1-3H3;1-2H3. The highest BCUT2D eigenvalue weighted by atomic mass is 16.1. The van der Waals surface area contributed by atoms with Gasteiger partial charge in [-0.25, -0.2) is 0 Å². The van der Waals surface area contributed by atoms with E-state index in [9.17, 15) is 4.79 Å². The van der Waals surface area contributed by atoms with Gasteiger partial charge in [0.2, 0.25) is 0 Å². The van der Waals surface area contributed by atoms with Crippen LogP contribution in [0.4, 0.5) is 0 Å². The van der Waals surface area contributed by atoms with E-state index in [1.165, 1.54) is 26.1 Å². The third-order valence-corrected chi connectivity index (χ3v) is 4.96. The van der Waals surface area contributed by atoms with Gasteiger partial charge in [-0.1, -0.05) is 20.8 Å². The molecule has 2 heterocycles. The minimum atomic E-state index is 0.358. The van der Waals surface area contributed by atoms with Crippen LogP contribution in [0.25, 0.3) is 0 Å². The first kappa shape index (κ1) is 18.6. The molecule has 3 nitrogen and oxygen atoms in total. The molecule has 0 aliphatic carbocycles. The Hall–Kier alpha value is -0.410. The van der Waals surface area contributed by atoms with Gasteiger partial charge in [0.05, 0.1) is 0 Å². The summed E-state index contributed by atoms with van der Waals surface area (Å²) in [5, 5.41) is 0. The van der Waals surface area contributed by atoms with Crippen LogP contribution in [0.1, 0.15) is 60.3 Å². The maximum absolute atomic E-state index is 11.7. The average Bonchev–Trinajstić information content (AvgIpc) is 2.98. The zero-order valence-corrected chi connectivity index (χ0v) is 14.9. The Balaban J connectivity index is 0.00000106. The van der Waals surface area contributed by atoms with Crippen LogP contribution in [0.3, 0.4) is 0 Å². The van der Waals surface area contributed by atoms with Gasteiger partial charge in [0.25, 0.3) is 0 Å². The number of likely N-dealkylation sites (tertiary alicyclic amines) is 2. The van der Waals surface area contributed by atoms with Crippen molar-refractivity contribution in [3.8, 4) is 0 Å². The van der Waals surface area contributed by atoms with Crippen LogP contribution in [0.5, 0.6) is 0 Å². The minimum absolute atomic E-state index is 0.358. The van der Waals surface area contributed by atoms with Crippen LogP contribution in [-0.2, 0) is 4.79 Å². The maximum atomic E-state index is 11.7. The molecule has 0 aromatic carbocycles. The Morgan fingerprint density at radius 2 is 1.71 bits per heavy atom.